The molecule has 1 atom stereocenters. The van der Waals surface area contributed by atoms with E-state index < -0.39 is 51.8 Å². The Kier molecular flexibility index (Phi) is 6.58. The predicted molar refractivity (Wildman–Crippen MR) is 119 cm³/mol. The summed E-state index contributed by atoms with van der Waals surface area (Å²) in [6.45, 7) is 3.64. The molecule has 0 radical (unpaired) electrons. The lowest BCUT2D eigenvalue weighted by atomic mass is 9.77. The van der Waals surface area contributed by atoms with Crippen LogP contribution in [0.5, 0.6) is 0 Å². The monoisotopic (exact) mass is 480 g/mol. The topological polar surface area (TPSA) is 9.23 Å². The first kappa shape index (κ1) is 24.4. The second-order valence-corrected chi connectivity index (χ2v) is 8.80. The van der Waals surface area contributed by atoms with E-state index >= 15 is 22.0 Å². The van der Waals surface area contributed by atoms with E-state index in [1.807, 2.05) is 19.1 Å². The third-order valence-electron chi connectivity index (χ3n) is 6.57. The normalized spacial score (nSPS) is 20.5. The Morgan fingerprint density at radius 3 is 2.18 bits per heavy atom. The summed E-state index contributed by atoms with van der Waals surface area (Å²) in [4.78, 5) is 0. The van der Waals surface area contributed by atoms with Crippen molar-refractivity contribution in [3.8, 4) is 11.1 Å². The number of alkyl halides is 4. The Bertz CT molecular complexity index is 1150. The molecular formula is C27H26F6O. The van der Waals surface area contributed by atoms with E-state index in [0.717, 1.165) is 18.4 Å². The first-order valence-electron chi connectivity index (χ1n) is 11.5. The Morgan fingerprint density at radius 2 is 1.59 bits per heavy atom. The summed E-state index contributed by atoms with van der Waals surface area (Å²) in [5.41, 5.74) is -2.87. The maximum absolute atomic E-state index is 15.5. The van der Waals surface area contributed by atoms with Gasteiger partial charge in [0.25, 0.3) is 0 Å². The van der Waals surface area contributed by atoms with Crippen LogP contribution in [0.1, 0.15) is 74.3 Å². The molecule has 1 nitrogen and oxygen atoms in total. The van der Waals surface area contributed by atoms with Crippen LogP contribution in [0, 0.1) is 11.6 Å². The van der Waals surface area contributed by atoms with Gasteiger partial charge in [0.15, 0.2) is 0 Å². The van der Waals surface area contributed by atoms with E-state index in [1.54, 1.807) is 6.92 Å². The van der Waals surface area contributed by atoms with Crippen LogP contribution >= 0.6 is 0 Å². The molecule has 7 heteroatoms. The summed E-state index contributed by atoms with van der Waals surface area (Å²) in [6, 6.07) is 4.93. The molecular weight excluding hydrogens is 454 g/mol. The molecule has 0 bridgehead atoms. The number of aryl methyl sites for hydroxylation is 1. The van der Waals surface area contributed by atoms with Gasteiger partial charge in [-0.15, -0.1) is 0 Å². The van der Waals surface area contributed by atoms with Crippen molar-refractivity contribution in [1.82, 2.24) is 0 Å². The van der Waals surface area contributed by atoms with Gasteiger partial charge in [0.2, 0.25) is 0 Å². The van der Waals surface area contributed by atoms with Gasteiger partial charge >= 0.3 is 11.8 Å². The van der Waals surface area contributed by atoms with Crippen LogP contribution in [-0.4, -0.2) is 0 Å². The highest BCUT2D eigenvalue weighted by Gasteiger charge is 2.65. The Morgan fingerprint density at radius 1 is 0.941 bits per heavy atom. The maximum Gasteiger partial charge on any atom is 0.343 e. The van der Waals surface area contributed by atoms with Gasteiger partial charge in [-0.25, -0.2) is 8.78 Å². The van der Waals surface area contributed by atoms with Crippen LogP contribution < -0.4 is 0 Å². The van der Waals surface area contributed by atoms with Gasteiger partial charge in [-0.2, -0.15) is 17.6 Å². The van der Waals surface area contributed by atoms with Crippen molar-refractivity contribution in [3.05, 3.63) is 82.1 Å². The van der Waals surface area contributed by atoms with Gasteiger partial charge in [0, 0.05) is 5.56 Å². The minimum Gasteiger partial charge on any atom is -0.493 e. The van der Waals surface area contributed by atoms with Crippen molar-refractivity contribution in [2.24, 2.45) is 0 Å². The Labute approximate surface area is 195 Å². The molecule has 0 aromatic heterocycles. The fourth-order valence-electron chi connectivity index (χ4n) is 4.77. The van der Waals surface area contributed by atoms with Gasteiger partial charge in [-0.1, -0.05) is 49.8 Å². The van der Waals surface area contributed by atoms with Crippen LogP contribution in [0.15, 0.2) is 48.3 Å². The summed E-state index contributed by atoms with van der Waals surface area (Å²) in [5, 5.41) is 0. The van der Waals surface area contributed by atoms with E-state index in [2.05, 4.69) is 0 Å². The second-order valence-electron chi connectivity index (χ2n) is 8.80. The molecule has 2 aliphatic rings. The number of halogens is 6. The SMILES string of the molecule is CC=CCCC1=COC(c2ccc3c(c2F)C(F)(F)C(F)(F)c2c-3ccc(CCC)c2F)CC1. The minimum atomic E-state index is -4.93. The van der Waals surface area contributed by atoms with E-state index in [4.69, 9.17) is 4.74 Å². The molecule has 2 aromatic carbocycles. The van der Waals surface area contributed by atoms with E-state index in [9.17, 15) is 4.39 Å². The van der Waals surface area contributed by atoms with Crippen molar-refractivity contribution in [3.63, 3.8) is 0 Å². The third-order valence-corrected chi connectivity index (χ3v) is 6.57. The molecule has 34 heavy (non-hydrogen) atoms. The van der Waals surface area contributed by atoms with Crippen molar-refractivity contribution >= 4 is 0 Å². The number of ether oxygens (including phenoxy) is 1. The average Bonchev–Trinajstić information content (AvgIpc) is 2.80. The molecule has 4 rings (SSSR count). The largest absolute Gasteiger partial charge is 0.493 e. The van der Waals surface area contributed by atoms with Crippen molar-refractivity contribution in [2.75, 3.05) is 0 Å². The zero-order valence-corrected chi connectivity index (χ0v) is 19.0. The number of hydrogen-bond donors (Lipinski definition) is 0. The summed E-state index contributed by atoms with van der Waals surface area (Å²) < 4.78 is 96.6. The molecule has 1 aliphatic carbocycles. The van der Waals surface area contributed by atoms with Crippen LogP contribution in [0.3, 0.4) is 0 Å². The maximum atomic E-state index is 15.5. The Balaban J connectivity index is 1.78. The number of hydrogen-bond acceptors (Lipinski definition) is 1. The number of allylic oxidation sites excluding steroid dienone is 3. The van der Waals surface area contributed by atoms with E-state index in [1.165, 1.54) is 30.5 Å². The lowest BCUT2D eigenvalue weighted by Gasteiger charge is -2.36. The number of fused-ring (bicyclic) bond motifs is 3. The zero-order valence-electron chi connectivity index (χ0n) is 19.0. The summed E-state index contributed by atoms with van der Waals surface area (Å²) in [6.07, 6.45) is 7.66. The van der Waals surface area contributed by atoms with Gasteiger partial charge < -0.3 is 4.74 Å². The lowest BCUT2D eigenvalue weighted by Crippen LogP contribution is -2.41. The molecule has 0 fully saturated rings. The predicted octanol–water partition coefficient (Wildman–Crippen LogP) is 8.87. The van der Waals surface area contributed by atoms with Crippen LogP contribution in [-0.2, 0) is 23.0 Å². The first-order chi connectivity index (χ1) is 16.1. The molecule has 182 valence electrons. The standard InChI is InChI=1S/C27H26F6O/c1-3-5-6-8-16-9-14-21(34-15-16)20-13-12-19-18-11-10-17(7-4-2)24(28)22(18)26(30,31)27(32,33)23(19)25(20)29/h3,5,10-13,15,21H,4,6-9,14H2,1-2H3. The highest BCUT2D eigenvalue weighted by Crippen LogP contribution is 2.60. The first-order valence-corrected chi connectivity index (χ1v) is 11.5. The van der Waals surface area contributed by atoms with Gasteiger partial charge in [0.05, 0.1) is 17.4 Å². The van der Waals surface area contributed by atoms with Crippen molar-refractivity contribution in [1.29, 1.82) is 0 Å². The van der Waals surface area contributed by atoms with Crippen molar-refractivity contribution in [2.45, 2.75) is 70.3 Å². The summed E-state index contributed by atoms with van der Waals surface area (Å²) in [5.74, 6) is -12.6. The van der Waals surface area contributed by atoms with Gasteiger partial charge in [-0.3, -0.25) is 0 Å². The molecule has 0 N–H and O–H groups in total. The second kappa shape index (κ2) is 9.16. The highest BCUT2D eigenvalue weighted by atomic mass is 19.3. The smallest absolute Gasteiger partial charge is 0.343 e. The lowest BCUT2D eigenvalue weighted by molar-refractivity contribution is -0.228. The molecule has 0 saturated carbocycles. The van der Waals surface area contributed by atoms with E-state index in [-0.39, 0.29) is 17.5 Å². The third kappa shape index (κ3) is 3.83. The van der Waals surface area contributed by atoms with Crippen molar-refractivity contribution < 1.29 is 31.1 Å². The molecule has 0 spiro atoms. The Hall–Kier alpha value is -2.70. The van der Waals surface area contributed by atoms with Gasteiger partial charge in [0.1, 0.15) is 17.7 Å². The molecule has 1 heterocycles. The highest BCUT2D eigenvalue weighted by molar-refractivity contribution is 5.77. The molecule has 1 aliphatic heterocycles. The summed E-state index contributed by atoms with van der Waals surface area (Å²) >= 11 is 0. The fraction of sp³-hybridized carbons (Fsp3) is 0.407. The van der Waals surface area contributed by atoms with E-state index in [0.29, 0.717) is 19.3 Å². The average molecular weight is 480 g/mol. The molecule has 2 aromatic rings. The minimum absolute atomic E-state index is 0.0649. The van der Waals surface area contributed by atoms with Crippen LogP contribution in [0.25, 0.3) is 11.1 Å². The zero-order chi connectivity index (χ0) is 24.7. The molecule has 0 saturated heterocycles. The number of rotatable bonds is 6. The molecule has 1 unspecified atom stereocenters. The quantitative estimate of drug-likeness (QED) is 0.296. The fourth-order valence-corrected chi connectivity index (χ4v) is 4.77. The van der Waals surface area contributed by atoms with Crippen LogP contribution in [0.4, 0.5) is 26.3 Å². The molecule has 0 amide bonds. The van der Waals surface area contributed by atoms with Crippen LogP contribution in [0.2, 0.25) is 0 Å². The number of benzene rings is 2. The van der Waals surface area contributed by atoms with Gasteiger partial charge in [-0.05, 0) is 61.3 Å². The summed E-state index contributed by atoms with van der Waals surface area (Å²) in [7, 11) is 0.